The second-order valence-corrected chi connectivity index (χ2v) is 4.04. The van der Waals surface area contributed by atoms with Crippen LogP contribution < -0.4 is 0 Å². The molecule has 19 heavy (non-hydrogen) atoms. The summed E-state index contributed by atoms with van der Waals surface area (Å²) in [6.07, 6.45) is 2.33. The van der Waals surface area contributed by atoms with Crippen molar-refractivity contribution in [2.24, 2.45) is 7.05 Å². The maximum atomic E-state index is 11.8. The minimum atomic E-state index is -0.523. The van der Waals surface area contributed by atoms with E-state index in [1.54, 1.807) is 30.9 Å². The van der Waals surface area contributed by atoms with Crippen molar-refractivity contribution in [3.05, 3.63) is 18.2 Å². The van der Waals surface area contributed by atoms with Gasteiger partial charge in [0.05, 0.1) is 6.61 Å². The van der Waals surface area contributed by atoms with E-state index in [2.05, 4.69) is 15.2 Å². The monoisotopic (exact) mass is 264 g/mol. The second kappa shape index (κ2) is 5.64. The minimum Gasteiger partial charge on any atom is -0.465 e. The average Bonchev–Trinajstić information content (AvgIpc) is 2.99. The van der Waals surface area contributed by atoms with Gasteiger partial charge in [-0.2, -0.15) is 10.1 Å². The van der Waals surface area contributed by atoms with Crippen LogP contribution in [-0.4, -0.2) is 32.5 Å². The van der Waals surface area contributed by atoms with Crippen LogP contribution in [0.5, 0.6) is 0 Å². The van der Waals surface area contributed by atoms with E-state index in [0.717, 1.165) is 0 Å². The Labute approximate surface area is 110 Å². The number of aromatic nitrogens is 4. The van der Waals surface area contributed by atoms with Gasteiger partial charge in [-0.15, -0.1) is 0 Å². The SMILES string of the molecule is CCOC(=O)C(CC)c1nc(-c2ccn(C)n2)no1. The summed E-state index contributed by atoms with van der Waals surface area (Å²) in [6.45, 7) is 3.96. The van der Waals surface area contributed by atoms with Crippen LogP contribution in [0.1, 0.15) is 32.1 Å². The van der Waals surface area contributed by atoms with Crippen LogP contribution in [0.4, 0.5) is 0 Å². The van der Waals surface area contributed by atoms with Crippen LogP contribution >= 0.6 is 0 Å². The van der Waals surface area contributed by atoms with Crippen molar-refractivity contribution in [3.8, 4) is 11.5 Å². The molecule has 7 heteroatoms. The van der Waals surface area contributed by atoms with E-state index in [1.165, 1.54) is 0 Å². The van der Waals surface area contributed by atoms with Gasteiger partial charge in [-0.05, 0) is 19.4 Å². The fraction of sp³-hybridized carbons (Fsp3) is 0.500. The van der Waals surface area contributed by atoms with Crippen LogP contribution in [0.15, 0.2) is 16.8 Å². The maximum Gasteiger partial charge on any atom is 0.318 e. The van der Waals surface area contributed by atoms with Crippen molar-refractivity contribution in [1.29, 1.82) is 0 Å². The Kier molecular flexibility index (Phi) is 3.94. The summed E-state index contributed by atoms with van der Waals surface area (Å²) in [7, 11) is 1.80. The Morgan fingerprint density at radius 3 is 2.89 bits per heavy atom. The molecule has 1 unspecified atom stereocenters. The fourth-order valence-electron chi connectivity index (χ4n) is 1.70. The molecule has 1 atom stereocenters. The lowest BCUT2D eigenvalue weighted by Gasteiger charge is -2.08. The zero-order chi connectivity index (χ0) is 13.8. The molecule has 0 bridgehead atoms. The number of hydrogen-bond acceptors (Lipinski definition) is 6. The van der Waals surface area contributed by atoms with Crippen molar-refractivity contribution < 1.29 is 14.1 Å². The molecular formula is C12H16N4O3. The number of carbonyl (C=O) groups excluding carboxylic acids is 1. The predicted molar refractivity (Wildman–Crippen MR) is 66.2 cm³/mol. The Morgan fingerprint density at radius 2 is 2.32 bits per heavy atom. The zero-order valence-electron chi connectivity index (χ0n) is 11.2. The van der Waals surface area contributed by atoms with E-state index < -0.39 is 5.92 Å². The van der Waals surface area contributed by atoms with Crippen molar-refractivity contribution in [2.45, 2.75) is 26.2 Å². The molecular weight excluding hydrogens is 248 g/mol. The first-order chi connectivity index (χ1) is 9.15. The van der Waals surface area contributed by atoms with Crippen molar-refractivity contribution >= 4 is 5.97 Å². The van der Waals surface area contributed by atoms with Crippen molar-refractivity contribution in [1.82, 2.24) is 19.9 Å². The topological polar surface area (TPSA) is 83.0 Å². The summed E-state index contributed by atoms with van der Waals surface area (Å²) in [6, 6.07) is 1.78. The molecule has 0 fully saturated rings. The summed E-state index contributed by atoms with van der Waals surface area (Å²) in [5.74, 6) is -0.230. The predicted octanol–water partition coefficient (Wildman–Crippen LogP) is 1.53. The normalized spacial score (nSPS) is 12.4. The van der Waals surface area contributed by atoms with E-state index in [-0.39, 0.29) is 11.9 Å². The maximum absolute atomic E-state index is 11.8. The van der Waals surface area contributed by atoms with Gasteiger partial charge < -0.3 is 9.26 Å². The number of ether oxygens (including phenoxy) is 1. The van der Waals surface area contributed by atoms with Crippen molar-refractivity contribution in [2.75, 3.05) is 6.61 Å². The highest BCUT2D eigenvalue weighted by Gasteiger charge is 2.26. The second-order valence-electron chi connectivity index (χ2n) is 4.04. The first-order valence-corrected chi connectivity index (χ1v) is 6.16. The number of carbonyl (C=O) groups is 1. The van der Waals surface area contributed by atoms with E-state index >= 15 is 0 Å². The van der Waals surface area contributed by atoms with Crippen LogP contribution in [0.25, 0.3) is 11.5 Å². The van der Waals surface area contributed by atoms with Crippen LogP contribution in [-0.2, 0) is 16.6 Å². The standard InChI is InChI=1S/C12H16N4O3/c1-4-8(12(17)18-5-2)11-13-10(15-19-11)9-6-7-16(3)14-9/h6-8H,4-5H2,1-3H3. The Morgan fingerprint density at radius 1 is 1.53 bits per heavy atom. The smallest absolute Gasteiger partial charge is 0.318 e. The number of hydrogen-bond donors (Lipinski definition) is 0. The molecule has 0 N–H and O–H groups in total. The van der Waals surface area contributed by atoms with Gasteiger partial charge >= 0.3 is 5.97 Å². The molecule has 0 spiro atoms. The quantitative estimate of drug-likeness (QED) is 0.761. The first-order valence-electron chi connectivity index (χ1n) is 6.16. The number of esters is 1. The number of aryl methyl sites for hydroxylation is 1. The third-order valence-electron chi connectivity index (χ3n) is 2.66. The highest BCUT2D eigenvalue weighted by molar-refractivity contribution is 5.76. The fourth-order valence-corrected chi connectivity index (χ4v) is 1.70. The third-order valence-corrected chi connectivity index (χ3v) is 2.66. The van der Waals surface area contributed by atoms with Gasteiger partial charge in [0.25, 0.3) is 0 Å². The van der Waals surface area contributed by atoms with E-state index in [0.29, 0.717) is 24.5 Å². The van der Waals surface area contributed by atoms with E-state index in [1.807, 2.05) is 6.92 Å². The average molecular weight is 264 g/mol. The third kappa shape index (κ3) is 2.81. The minimum absolute atomic E-state index is 0.265. The van der Waals surface area contributed by atoms with Gasteiger partial charge in [0.15, 0.2) is 0 Å². The van der Waals surface area contributed by atoms with E-state index in [9.17, 15) is 4.79 Å². The molecule has 7 nitrogen and oxygen atoms in total. The van der Waals surface area contributed by atoms with Crippen molar-refractivity contribution in [3.63, 3.8) is 0 Å². The van der Waals surface area contributed by atoms with Gasteiger partial charge in [0, 0.05) is 13.2 Å². The summed E-state index contributed by atoms with van der Waals surface area (Å²) in [4.78, 5) is 16.0. The largest absolute Gasteiger partial charge is 0.465 e. The van der Waals surface area contributed by atoms with Gasteiger partial charge in [-0.3, -0.25) is 9.48 Å². The Bertz CT molecular complexity index is 561. The van der Waals surface area contributed by atoms with Gasteiger partial charge in [0.1, 0.15) is 11.6 Å². The molecule has 0 saturated heterocycles. The molecule has 2 aromatic heterocycles. The lowest BCUT2D eigenvalue weighted by molar-refractivity contribution is -0.145. The Hall–Kier alpha value is -2.18. The summed E-state index contributed by atoms with van der Waals surface area (Å²) in [5.41, 5.74) is 0.608. The molecule has 0 aromatic carbocycles. The first kappa shape index (κ1) is 13.3. The molecule has 2 aromatic rings. The lowest BCUT2D eigenvalue weighted by Crippen LogP contribution is -2.15. The summed E-state index contributed by atoms with van der Waals surface area (Å²) >= 11 is 0. The zero-order valence-corrected chi connectivity index (χ0v) is 11.2. The molecule has 102 valence electrons. The highest BCUT2D eigenvalue weighted by Crippen LogP contribution is 2.22. The number of rotatable bonds is 5. The van der Waals surface area contributed by atoms with Crippen LogP contribution in [0.3, 0.4) is 0 Å². The van der Waals surface area contributed by atoms with Crippen LogP contribution in [0.2, 0.25) is 0 Å². The molecule has 0 amide bonds. The molecule has 0 radical (unpaired) electrons. The molecule has 2 heterocycles. The molecule has 0 saturated carbocycles. The van der Waals surface area contributed by atoms with Gasteiger partial charge in [-0.1, -0.05) is 12.1 Å². The highest BCUT2D eigenvalue weighted by atomic mass is 16.5. The molecule has 0 aliphatic rings. The molecule has 0 aliphatic heterocycles. The van der Waals surface area contributed by atoms with Crippen LogP contribution in [0, 0.1) is 0 Å². The molecule has 0 aliphatic carbocycles. The van der Waals surface area contributed by atoms with E-state index in [4.69, 9.17) is 9.26 Å². The number of nitrogens with zero attached hydrogens (tertiary/aromatic N) is 4. The van der Waals surface area contributed by atoms with Gasteiger partial charge in [-0.25, -0.2) is 0 Å². The summed E-state index contributed by atoms with van der Waals surface area (Å²) in [5, 5.41) is 8.02. The van der Waals surface area contributed by atoms with Gasteiger partial charge in [0.2, 0.25) is 11.7 Å². The lowest BCUT2D eigenvalue weighted by atomic mass is 10.1. The summed E-state index contributed by atoms with van der Waals surface area (Å²) < 4.78 is 11.8. The Balaban J connectivity index is 2.22. The molecule has 2 rings (SSSR count).